The minimum Gasteiger partial charge on any atom is -0.390 e. The number of rotatable bonds is 6. The molecule has 4 heteroatoms. The van der Waals surface area contributed by atoms with Crippen LogP contribution in [0, 0.1) is 5.92 Å². The van der Waals surface area contributed by atoms with Crippen molar-refractivity contribution in [2.24, 2.45) is 5.92 Å². The first-order chi connectivity index (χ1) is 8.46. The van der Waals surface area contributed by atoms with E-state index in [1.165, 1.54) is 12.8 Å². The van der Waals surface area contributed by atoms with Crippen LogP contribution in [0.4, 0.5) is 0 Å². The molecule has 3 nitrogen and oxygen atoms in total. The molecule has 0 saturated heterocycles. The van der Waals surface area contributed by atoms with Crippen LogP contribution in [0.3, 0.4) is 0 Å². The lowest BCUT2D eigenvalue weighted by Gasteiger charge is -2.23. The molecule has 1 aromatic heterocycles. The summed E-state index contributed by atoms with van der Waals surface area (Å²) in [7, 11) is 0. The second-order valence-corrected chi connectivity index (χ2v) is 6.49. The third-order valence-corrected chi connectivity index (χ3v) is 4.58. The van der Waals surface area contributed by atoms with E-state index in [1.807, 2.05) is 11.6 Å². The minimum atomic E-state index is -0.609. The van der Waals surface area contributed by atoms with E-state index in [1.54, 1.807) is 0 Å². The van der Waals surface area contributed by atoms with Crippen LogP contribution in [0.25, 0.3) is 0 Å². The summed E-state index contributed by atoms with van der Waals surface area (Å²) in [6.45, 7) is 7.01. The van der Waals surface area contributed by atoms with E-state index in [0.29, 0.717) is 6.42 Å². The Morgan fingerprint density at radius 3 is 2.61 bits per heavy atom. The SMILES string of the molecule is CCc1nn(CC)c(CC(C)(O)CC2CC2)c1Br. The maximum atomic E-state index is 10.5. The lowest BCUT2D eigenvalue weighted by atomic mass is 9.93. The summed E-state index contributed by atoms with van der Waals surface area (Å²) in [5.41, 5.74) is 1.62. The van der Waals surface area contributed by atoms with Crippen molar-refractivity contribution in [1.29, 1.82) is 0 Å². The summed E-state index contributed by atoms with van der Waals surface area (Å²) >= 11 is 3.64. The molecule has 0 spiro atoms. The van der Waals surface area contributed by atoms with Gasteiger partial charge in [-0.25, -0.2) is 0 Å². The van der Waals surface area contributed by atoms with Gasteiger partial charge in [0.2, 0.25) is 0 Å². The first-order valence-electron chi connectivity index (χ1n) is 6.93. The Morgan fingerprint density at radius 2 is 2.11 bits per heavy atom. The van der Waals surface area contributed by atoms with Crippen LogP contribution in [-0.2, 0) is 19.4 Å². The lowest BCUT2D eigenvalue weighted by Crippen LogP contribution is -2.29. The molecule has 1 unspecified atom stereocenters. The van der Waals surface area contributed by atoms with Crippen molar-refractivity contribution in [3.63, 3.8) is 0 Å². The zero-order chi connectivity index (χ0) is 13.3. The molecule has 1 aliphatic rings. The second kappa shape index (κ2) is 5.33. The highest BCUT2D eigenvalue weighted by Gasteiger charge is 2.33. The number of hydrogen-bond acceptors (Lipinski definition) is 2. The molecule has 1 saturated carbocycles. The van der Waals surface area contributed by atoms with Gasteiger partial charge in [0.1, 0.15) is 0 Å². The lowest BCUT2D eigenvalue weighted by molar-refractivity contribution is 0.0433. The van der Waals surface area contributed by atoms with Gasteiger partial charge >= 0.3 is 0 Å². The Morgan fingerprint density at radius 1 is 1.44 bits per heavy atom. The molecule has 0 aliphatic heterocycles. The average Bonchev–Trinajstić information content (AvgIpc) is 3.05. The second-order valence-electron chi connectivity index (χ2n) is 5.70. The van der Waals surface area contributed by atoms with Crippen LogP contribution >= 0.6 is 15.9 Å². The molecule has 1 N–H and O–H groups in total. The number of nitrogens with zero attached hydrogens (tertiary/aromatic N) is 2. The molecule has 0 amide bonds. The first kappa shape index (κ1) is 14.1. The average molecular weight is 315 g/mol. The first-order valence-corrected chi connectivity index (χ1v) is 7.72. The van der Waals surface area contributed by atoms with Gasteiger partial charge in [-0.1, -0.05) is 19.8 Å². The highest BCUT2D eigenvalue weighted by molar-refractivity contribution is 9.10. The minimum absolute atomic E-state index is 0.609. The zero-order valence-electron chi connectivity index (χ0n) is 11.5. The molecule has 1 aromatic rings. The maximum absolute atomic E-state index is 10.5. The van der Waals surface area contributed by atoms with Crippen LogP contribution in [0.15, 0.2) is 4.47 Å². The Hall–Kier alpha value is -0.350. The number of aliphatic hydroxyl groups is 1. The van der Waals surface area contributed by atoms with E-state index in [0.717, 1.165) is 41.2 Å². The number of aromatic nitrogens is 2. The van der Waals surface area contributed by atoms with Crippen molar-refractivity contribution in [3.8, 4) is 0 Å². The van der Waals surface area contributed by atoms with Crippen molar-refractivity contribution >= 4 is 15.9 Å². The van der Waals surface area contributed by atoms with E-state index < -0.39 is 5.60 Å². The van der Waals surface area contributed by atoms with E-state index in [2.05, 4.69) is 34.9 Å². The predicted molar refractivity (Wildman–Crippen MR) is 76.6 cm³/mol. The maximum Gasteiger partial charge on any atom is 0.0766 e. The Labute approximate surface area is 118 Å². The van der Waals surface area contributed by atoms with Crippen molar-refractivity contribution in [1.82, 2.24) is 9.78 Å². The van der Waals surface area contributed by atoms with Crippen LogP contribution in [0.1, 0.15) is 51.4 Å². The molecule has 0 radical (unpaired) electrons. The van der Waals surface area contributed by atoms with E-state index >= 15 is 0 Å². The predicted octanol–water partition coefficient (Wildman–Crippen LogP) is 3.32. The van der Waals surface area contributed by atoms with Crippen LogP contribution in [0.2, 0.25) is 0 Å². The number of hydrogen-bond donors (Lipinski definition) is 1. The van der Waals surface area contributed by atoms with Crippen molar-refractivity contribution in [2.75, 3.05) is 0 Å². The number of aryl methyl sites for hydroxylation is 2. The third kappa shape index (κ3) is 3.15. The summed E-state index contributed by atoms with van der Waals surface area (Å²) in [5, 5.41) is 15.1. The van der Waals surface area contributed by atoms with Gasteiger partial charge in [0.25, 0.3) is 0 Å². The zero-order valence-corrected chi connectivity index (χ0v) is 13.1. The molecular formula is C14H23BrN2O. The van der Waals surface area contributed by atoms with Gasteiger partial charge in [0.15, 0.2) is 0 Å². The monoisotopic (exact) mass is 314 g/mol. The molecule has 0 aromatic carbocycles. The van der Waals surface area contributed by atoms with Crippen LogP contribution in [0.5, 0.6) is 0 Å². The van der Waals surface area contributed by atoms with Gasteiger partial charge in [-0.15, -0.1) is 0 Å². The van der Waals surface area contributed by atoms with Gasteiger partial charge in [-0.3, -0.25) is 4.68 Å². The van der Waals surface area contributed by atoms with Gasteiger partial charge in [-0.05, 0) is 48.5 Å². The summed E-state index contributed by atoms with van der Waals surface area (Å²) in [5.74, 6) is 0.738. The molecule has 1 atom stereocenters. The molecule has 0 bridgehead atoms. The molecule has 18 heavy (non-hydrogen) atoms. The third-order valence-electron chi connectivity index (χ3n) is 3.67. The Balaban J connectivity index is 2.18. The largest absolute Gasteiger partial charge is 0.390 e. The molecular weight excluding hydrogens is 292 g/mol. The highest BCUT2D eigenvalue weighted by atomic mass is 79.9. The number of halogens is 1. The Kier molecular flexibility index (Phi) is 4.17. The fourth-order valence-corrected chi connectivity index (χ4v) is 3.27. The van der Waals surface area contributed by atoms with Gasteiger partial charge < -0.3 is 5.11 Å². The van der Waals surface area contributed by atoms with Crippen molar-refractivity contribution < 1.29 is 5.11 Å². The van der Waals surface area contributed by atoms with Gasteiger partial charge in [0.05, 0.1) is 21.5 Å². The smallest absolute Gasteiger partial charge is 0.0766 e. The molecule has 2 rings (SSSR count). The topological polar surface area (TPSA) is 38.0 Å². The van der Waals surface area contributed by atoms with Crippen molar-refractivity contribution in [3.05, 3.63) is 15.9 Å². The molecule has 1 fully saturated rings. The molecule has 1 aliphatic carbocycles. The fourth-order valence-electron chi connectivity index (χ4n) is 2.56. The van der Waals surface area contributed by atoms with Crippen LogP contribution < -0.4 is 0 Å². The molecule has 102 valence electrons. The van der Waals surface area contributed by atoms with E-state index in [9.17, 15) is 5.11 Å². The highest BCUT2D eigenvalue weighted by Crippen LogP contribution is 2.38. The summed E-state index contributed by atoms with van der Waals surface area (Å²) < 4.78 is 3.10. The quantitative estimate of drug-likeness (QED) is 0.874. The molecule has 1 heterocycles. The van der Waals surface area contributed by atoms with Gasteiger partial charge in [-0.2, -0.15) is 5.10 Å². The summed E-state index contributed by atoms with van der Waals surface area (Å²) in [4.78, 5) is 0. The summed E-state index contributed by atoms with van der Waals surface area (Å²) in [6.07, 6.45) is 5.08. The van der Waals surface area contributed by atoms with E-state index in [4.69, 9.17) is 0 Å². The van der Waals surface area contributed by atoms with Crippen LogP contribution in [-0.4, -0.2) is 20.5 Å². The van der Waals surface area contributed by atoms with Crippen molar-refractivity contribution in [2.45, 2.75) is 65.0 Å². The summed E-state index contributed by atoms with van der Waals surface area (Å²) in [6, 6.07) is 0. The Bertz CT molecular complexity index is 422. The van der Waals surface area contributed by atoms with E-state index in [-0.39, 0.29) is 0 Å². The fraction of sp³-hybridized carbons (Fsp3) is 0.786. The van der Waals surface area contributed by atoms with Gasteiger partial charge in [0, 0.05) is 13.0 Å². The normalized spacial score (nSPS) is 18.9. The standard InChI is InChI=1S/C14H23BrN2O/c1-4-11-13(15)12(17(5-2)16-11)9-14(3,18)8-10-6-7-10/h10,18H,4-9H2,1-3H3.